The Morgan fingerprint density at radius 1 is 0.911 bits per heavy atom. The van der Waals surface area contributed by atoms with E-state index in [1.165, 1.54) is 5.56 Å². The topological polar surface area (TPSA) is 113 Å². The van der Waals surface area contributed by atoms with Gasteiger partial charge in [-0.15, -0.1) is 0 Å². The van der Waals surface area contributed by atoms with Crippen molar-refractivity contribution in [2.75, 3.05) is 42.3 Å². The van der Waals surface area contributed by atoms with E-state index < -0.39 is 0 Å². The van der Waals surface area contributed by atoms with E-state index in [-0.39, 0.29) is 17.4 Å². The predicted octanol–water partition coefficient (Wildman–Crippen LogP) is 6.86. The molecule has 0 saturated carbocycles. The number of pyridine rings is 2. The maximum atomic E-state index is 12.9. The van der Waals surface area contributed by atoms with Crippen molar-refractivity contribution < 1.29 is 14.3 Å². The summed E-state index contributed by atoms with van der Waals surface area (Å²) in [7, 11) is 0. The summed E-state index contributed by atoms with van der Waals surface area (Å²) in [6.45, 7) is 10.7. The van der Waals surface area contributed by atoms with Gasteiger partial charge in [-0.05, 0) is 65.4 Å². The van der Waals surface area contributed by atoms with Crippen molar-refractivity contribution in [1.82, 2.24) is 19.3 Å². The average Bonchev–Trinajstić information content (AvgIpc) is 3.52. The van der Waals surface area contributed by atoms with Gasteiger partial charge in [-0.2, -0.15) is 0 Å². The van der Waals surface area contributed by atoms with Crippen molar-refractivity contribution in [2.24, 2.45) is 0 Å². The first-order valence-corrected chi connectivity index (χ1v) is 15.0. The van der Waals surface area contributed by atoms with Crippen molar-refractivity contribution >= 4 is 40.5 Å². The first-order chi connectivity index (χ1) is 21.7. The SMILES string of the molecule is Cc1c(NC(=O)Nc2ccc(C(C)(C)C)cc2)cccc1-c1cc(Nc2ccc(C(=O)N3CCOCC3)cn2)c2nccn2c1. The van der Waals surface area contributed by atoms with E-state index >= 15 is 0 Å². The van der Waals surface area contributed by atoms with Gasteiger partial charge in [0.1, 0.15) is 5.82 Å². The molecule has 0 spiro atoms. The summed E-state index contributed by atoms with van der Waals surface area (Å²) in [6, 6.07) is 19.0. The van der Waals surface area contributed by atoms with Gasteiger partial charge in [-0.1, -0.05) is 45.0 Å². The minimum absolute atomic E-state index is 0.0398. The normalized spacial score (nSPS) is 13.5. The molecule has 5 aromatic rings. The van der Waals surface area contributed by atoms with Gasteiger partial charge in [0.15, 0.2) is 5.65 Å². The van der Waals surface area contributed by atoms with E-state index in [0.717, 1.165) is 33.7 Å². The fourth-order valence-corrected chi connectivity index (χ4v) is 5.38. The van der Waals surface area contributed by atoms with Crippen molar-refractivity contribution in [3.8, 4) is 11.1 Å². The molecule has 0 atom stereocenters. The number of imidazole rings is 1. The highest BCUT2D eigenvalue weighted by Crippen LogP contribution is 2.33. The number of morpholine rings is 1. The lowest BCUT2D eigenvalue weighted by Crippen LogP contribution is -2.40. The number of fused-ring (bicyclic) bond motifs is 1. The number of benzene rings is 2. The molecule has 10 nitrogen and oxygen atoms in total. The fourth-order valence-electron chi connectivity index (χ4n) is 5.38. The maximum absolute atomic E-state index is 12.9. The first-order valence-electron chi connectivity index (χ1n) is 15.0. The summed E-state index contributed by atoms with van der Waals surface area (Å²) in [5.74, 6) is 0.543. The van der Waals surface area contributed by atoms with Crippen LogP contribution in [0.4, 0.5) is 27.7 Å². The fraction of sp³-hybridized carbons (Fsp3) is 0.257. The zero-order valence-electron chi connectivity index (χ0n) is 25.9. The van der Waals surface area contributed by atoms with Crippen LogP contribution in [0.1, 0.15) is 42.3 Å². The molecule has 1 saturated heterocycles. The summed E-state index contributed by atoms with van der Waals surface area (Å²) in [5.41, 5.74) is 7.51. The van der Waals surface area contributed by atoms with E-state index in [4.69, 9.17) is 4.74 Å². The molecular weight excluding hydrogens is 566 g/mol. The first kappa shape index (κ1) is 29.8. The Kier molecular flexibility index (Phi) is 8.23. The third-order valence-electron chi connectivity index (χ3n) is 7.96. The van der Waals surface area contributed by atoms with Crippen LogP contribution in [0, 0.1) is 6.92 Å². The molecule has 3 aromatic heterocycles. The third-order valence-corrected chi connectivity index (χ3v) is 7.96. The number of carbonyl (C=O) groups is 2. The lowest BCUT2D eigenvalue weighted by atomic mass is 9.87. The Bertz CT molecular complexity index is 1830. The van der Waals surface area contributed by atoms with Gasteiger partial charge < -0.3 is 30.0 Å². The van der Waals surface area contributed by atoms with Gasteiger partial charge in [0.2, 0.25) is 0 Å². The van der Waals surface area contributed by atoms with Gasteiger partial charge in [0, 0.05) is 54.8 Å². The van der Waals surface area contributed by atoms with Crippen LogP contribution in [0.3, 0.4) is 0 Å². The lowest BCUT2D eigenvalue weighted by molar-refractivity contribution is 0.0302. The molecule has 0 bridgehead atoms. The number of rotatable bonds is 6. The monoisotopic (exact) mass is 603 g/mol. The highest BCUT2D eigenvalue weighted by atomic mass is 16.5. The Labute approximate surface area is 262 Å². The molecule has 3 amide bonds. The second-order valence-corrected chi connectivity index (χ2v) is 12.1. The van der Waals surface area contributed by atoms with E-state index in [2.05, 4.69) is 46.7 Å². The Balaban J connectivity index is 1.20. The Morgan fingerprint density at radius 3 is 2.40 bits per heavy atom. The van der Waals surface area contributed by atoms with Crippen LogP contribution in [0.25, 0.3) is 16.8 Å². The molecule has 0 unspecified atom stereocenters. The van der Waals surface area contributed by atoms with Crippen LogP contribution in [-0.2, 0) is 10.2 Å². The van der Waals surface area contributed by atoms with Crippen molar-refractivity contribution in [1.29, 1.82) is 0 Å². The minimum Gasteiger partial charge on any atom is -0.378 e. The number of hydrogen-bond donors (Lipinski definition) is 3. The Hall–Kier alpha value is -5.22. The Morgan fingerprint density at radius 2 is 1.69 bits per heavy atom. The van der Waals surface area contributed by atoms with E-state index in [1.807, 2.05) is 72.2 Å². The van der Waals surface area contributed by atoms with E-state index in [1.54, 1.807) is 29.4 Å². The standard InChI is InChI=1S/C35H37N7O3/c1-23-28(6-5-7-29(23)40-34(44)38-27-11-9-26(10-12-27)35(2,3)4)25-20-30(32-36-14-15-42(32)22-25)39-31-13-8-24(21-37-31)33(43)41-16-18-45-19-17-41/h5-15,20-22H,16-19H2,1-4H3,(H,37,39)(H2,38,40,44). The summed E-state index contributed by atoms with van der Waals surface area (Å²) < 4.78 is 7.30. The van der Waals surface area contributed by atoms with Crippen molar-refractivity contribution in [3.63, 3.8) is 0 Å². The third kappa shape index (κ3) is 6.66. The quantitative estimate of drug-likeness (QED) is 0.195. The molecule has 0 aliphatic carbocycles. The molecule has 45 heavy (non-hydrogen) atoms. The maximum Gasteiger partial charge on any atom is 0.323 e. The van der Waals surface area contributed by atoms with Gasteiger partial charge in [-0.25, -0.2) is 14.8 Å². The van der Waals surface area contributed by atoms with Crippen LogP contribution in [0.5, 0.6) is 0 Å². The van der Waals surface area contributed by atoms with Crippen LogP contribution < -0.4 is 16.0 Å². The number of urea groups is 1. The van der Waals surface area contributed by atoms with Gasteiger partial charge >= 0.3 is 6.03 Å². The van der Waals surface area contributed by atoms with E-state index in [0.29, 0.717) is 43.4 Å². The second-order valence-electron chi connectivity index (χ2n) is 12.1. The van der Waals surface area contributed by atoms with Crippen molar-refractivity contribution in [3.05, 3.63) is 102 Å². The molecule has 4 heterocycles. The van der Waals surface area contributed by atoms with Crippen LogP contribution in [0.2, 0.25) is 0 Å². The highest BCUT2D eigenvalue weighted by molar-refractivity contribution is 6.01. The molecule has 3 N–H and O–H groups in total. The molecule has 2 aromatic carbocycles. The lowest BCUT2D eigenvalue weighted by Gasteiger charge is -2.26. The molecule has 1 fully saturated rings. The number of hydrogen-bond acceptors (Lipinski definition) is 6. The zero-order valence-corrected chi connectivity index (χ0v) is 25.9. The minimum atomic E-state index is -0.312. The van der Waals surface area contributed by atoms with Crippen LogP contribution in [0.15, 0.2) is 85.5 Å². The predicted molar refractivity (Wildman–Crippen MR) is 177 cm³/mol. The summed E-state index contributed by atoms with van der Waals surface area (Å²) in [5, 5.41) is 9.32. The molecule has 0 radical (unpaired) electrons. The molecule has 1 aliphatic heterocycles. The highest BCUT2D eigenvalue weighted by Gasteiger charge is 2.19. The molecule has 10 heteroatoms. The number of aromatic nitrogens is 3. The number of nitrogens with one attached hydrogen (secondary N) is 3. The number of carbonyl (C=O) groups excluding carboxylic acids is 2. The van der Waals surface area contributed by atoms with Gasteiger partial charge in [-0.3, -0.25) is 4.79 Å². The smallest absolute Gasteiger partial charge is 0.323 e. The average molecular weight is 604 g/mol. The largest absolute Gasteiger partial charge is 0.378 e. The summed E-state index contributed by atoms with van der Waals surface area (Å²) in [4.78, 5) is 36.6. The number of nitrogens with zero attached hydrogens (tertiary/aromatic N) is 4. The van der Waals surface area contributed by atoms with E-state index in [9.17, 15) is 9.59 Å². The number of anilines is 4. The van der Waals surface area contributed by atoms with Gasteiger partial charge in [0.25, 0.3) is 5.91 Å². The molecular formula is C35H37N7O3. The molecule has 230 valence electrons. The second kappa shape index (κ2) is 12.4. The molecule has 1 aliphatic rings. The molecule has 6 rings (SSSR count). The van der Waals surface area contributed by atoms with Crippen LogP contribution in [-0.4, -0.2) is 57.5 Å². The van der Waals surface area contributed by atoms with Crippen molar-refractivity contribution in [2.45, 2.75) is 33.1 Å². The summed E-state index contributed by atoms with van der Waals surface area (Å²) >= 11 is 0. The van der Waals surface area contributed by atoms with Gasteiger partial charge in [0.05, 0.1) is 24.5 Å². The number of ether oxygens (including phenoxy) is 1. The van der Waals surface area contributed by atoms with Crippen LogP contribution >= 0.6 is 0 Å². The zero-order chi connectivity index (χ0) is 31.6. The summed E-state index contributed by atoms with van der Waals surface area (Å²) in [6.07, 6.45) is 7.23. The number of amides is 3.